The lowest BCUT2D eigenvalue weighted by atomic mass is 10.1. The van der Waals surface area contributed by atoms with Crippen LogP contribution in [0.5, 0.6) is 0 Å². The number of ether oxygens (including phenoxy) is 1. The smallest absolute Gasteiger partial charge is 0.302 e. The summed E-state index contributed by atoms with van der Waals surface area (Å²) in [6, 6.07) is 0. The van der Waals surface area contributed by atoms with Crippen LogP contribution in [0.4, 0.5) is 0 Å². The third-order valence-electron chi connectivity index (χ3n) is 2.55. The molecule has 0 bridgehead atoms. The molecule has 0 fully saturated rings. The van der Waals surface area contributed by atoms with Gasteiger partial charge in [-0.25, -0.2) is 0 Å². The SMILES string of the molecule is C=C=C(C)CCCCCCCCOC(C)=O. The van der Waals surface area contributed by atoms with Crippen LogP contribution >= 0.6 is 0 Å². The average Bonchev–Trinajstić information content (AvgIpc) is 2.26. The molecule has 0 saturated heterocycles. The first kappa shape index (κ1) is 15.0. The quantitative estimate of drug-likeness (QED) is 0.336. The van der Waals surface area contributed by atoms with Crippen LogP contribution in [-0.4, -0.2) is 12.6 Å². The molecule has 0 aromatic heterocycles. The molecule has 0 aliphatic rings. The van der Waals surface area contributed by atoms with E-state index in [-0.39, 0.29) is 5.97 Å². The molecule has 0 aliphatic carbocycles. The second kappa shape index (κ2) is 10.5. The van der Waals surface area contributed by atoms with Crippen molar-refractivity contribution in [2.75, 3.05) is 6.61 Å². The fourth-order valence-corrected chi connectivity index (χ4v) is 1.50. The number of hydrogen-bond donors (Lipinski definition) is 0. The molecule has 2 heteroatoms. The third kappa shape index (κ3) is 11.1. The summed E-state index contributed by atoms with van der Waals surface area (Å²) in [6.07, 6.45) is 8.28. The average molecular weight is 224 g/mol. The maximum absolute atomic E-state index is 10.5. The summed E-state index contributed by atoms with van der Waals surface area (Å²) in [5, 5.41) is 0. The molecule has 0 radical (unpaired) electrons. The lowest BCUT2D eigenvalue weighted by Gasteiger charge is -2.02. The number of esters is 1. The maximum atomic E-state index is 10.5. The molecule has 16 heavy (non-hydrogen) atoms. The van der Waals surface area contributed by atoms with Crippen LogP contribution in [-0.2, 0) is 9.53 Å². The van der Waals surface area contributed by atoms with Gasteiger partial charge in [0.25, 0.3) is 0 Å². The molecular weight excluding hydrogens is 200 g/mol. The van der Waals surface area contributed by atoms with Gasteiger partial charge in [-0.3, -0.25) is 4.79 Å². The van der Waals surface area contributed by atoms with Crippen LogP contribution in [0.25, 0.3) is 0 Å². The lowest BCUT2D eigenvalue weighted by Crippen LogP contribution is -2.00. The summed E-state index contributed by atoms with van der Waals surface area (Å²) >= 11 is 0. The van der Waals surface area contributed by atoms with Gasteiger partial charge in [-0.2, -0.15) is 0 Å². The normalized spacial score (nSPS) is 9.62. The van der Waals surface area contributed by atoms with E-state index in [2.05, 4.69) is 19.2 Å². The van der Waals surface area contributed by atoms with Crippen molar-refractivity contribution in [1.82, 2.24) is 0 Å². The predicted octanol–water partition coefficient (Wildman–Crippen LogP) is 4.01. The van der Waals surface area contributed by atoms with Gasteiger partial charge in [0.05, 0.1) is 6.61 Å². The fourth-order valence-electron chi connectivity index (χ4n) is 1.50. The van der Waals surface area contributed by atoms with E-state index in [1.165, 1.54) is 38.2 Å². The Kier molecular flexibility index (Phi) is 9.84. The van der Waals surface area contributed by atoms with Crippen molar-refractivity contribution >= 4 is 5.97 Å². The molecule has 0 amide bonds. The van der Waals surface area contributed by atoms with Crippen molar-refractivity contribution in [3.63, 3.8) is 0 Å². The Labute approximate surface area is 99.4 Å². The first-order valence-electron chi connectivity index (χ1n) is 6.15. The highest BCUT2D eigenvalue weighted by Crippen LogP contribution is 2.10. The molecule has 0 aliphatic heterocycles. The fraction of sp³-hybridized carbons (Fsp3) is 0.714. The number of unbranched alkanes of at least 4 members (excludes halogenated alkanes) is 5. The molecular formula is C14H24O2. The Morgan fingerprint density at radius 3 is 2.19 bits per heavy atom. The van der Waals surface area contributed by atoms with Crippen LogP contribution in [0.2, 0.25) is 0 Å². The molecule has 0 aromatic rings. The van der Waals surface area contributed by atoms with Crippen LogP contribution < -0.4 is 0 Å². The topological polar surface area (TPSA) is 26.3 Å². The zero-order valence-corrected chi connectivity index (χ0v) is 10.7. The number of allylic oxidation sites excluding steroid dienone is 1. The first-order valence-corrected chi connectivity index (χ1v) is 6.15. The van der Waals surface area contributed by atoms with Gasteiger partial charge in [-0.15, -0.1) is 5.73 Å². The Bertz CT molecular complexity index is 237. The second-order valence-corrected chi connectivity index (χ2v) is 4.17. The summed E-state index contributed by atoms with van der Waals surface area (Å²) in [6.45, 7) is 7.73. The minimum atomic E-state index is -0.174. The monoisotopic (exact) mass is 224 g/mol. The summed E-state index contributed by atoms with van der Waals surface area (Å²) in [5.41, 5.74) is 4.17. The van der Waals surface area contributed by atoms with Gasteiger partial charge in [0.1, 0.15) is 0 Å². The molecule has 0 atom stereocenters. The number of rotatable bonds is 9. The van der Waals surface area contributed by atoms with Gasteiger partial charge < -0.3 is 4.74 Å². The van der Waals surface area contributed by atoms with Gasteiger partial charge in [0.2, 0.25) is 0 Å². The molecule has 0 heterocycles. The molecule has 0 rings (SSSR count). The Morgan fingerprint density at radius 2 is 1.62 bits per heavy atom. The van der Waals surface area contributed by atoms with Crippen LogP contribution in [0.15, 0.2) is 17.9 Å². The van der Waals surface area contributed by atoms with E-state index in [0.717, 1.165) is 19.3 Å². The van der Waals surface area contributed by atoms with Crippen molar-refractivity contribution < 1.29 is 9.53 Å². The predicted molar refractivity (Wildman–Crippen MR) is 67.3 cm³/mol. The summed E-state index contributed by atoms with van der Waals surface area (Å²) in [4.78, 5) is 10.5. The molecule has 0 spiro atoms. The molecule has 92 valence electrons. The summed E-state index contributed by atoms with van der Waals surface area (Å²) in [5.74, 6) is -0.174. The highest BCUT2D eigenvalue weighted by molar-refractivity contribution is 5.65. The van der Waals surface area contributed by atoms with Gasteiger partial charge in [-0.05, 0) is 31.8 Å². The van der Waals surface area contributed by atoms with E-state index >= 15 is 0 Å². The molecule has 0 aromatic carbocycles. The van der Waals surface area contributed by atoms with Gasteiger partial charge in [0.15, 0.2) is 0 Å². The van der Waals surface area contributed by atoms with E-state index in [4.69, 9.17) is 4.74 Å². The minimum absolute atomic E-state index is 0.174. The van der Waals surface area contributed by atoms with Gasteiger partial charge in [-0.1, -0.05) is 32.3 Å². The van der Waals surface area contributed by atoms with Crippen molar-refractivity contribution in [2.45, 2.75) is 58.8 Å². The highest BCUT2D eigenvalue weighted by atomic mass is 16.5. The standard InChI is InChI=1S/C14H24O2/c1-4-13(2)11-9-7-5-6-8-10-12-16-14(3)15/h1,5-12H2,2-3H3. The van der Waals surface area contributed by atoms with E-state index in [1.54, 1.807) is 0 Å². The molecule has 2 nitrogen and oxygen atoms in total. The van der Waals surface area contributed by atoms with E-state index in [1.807, 2.05) is 0 Å². The molecule has 0 N–H and O–H groups in total. The van der Waals surface area contributed by atoms with Crippen molar-refractivity contribution in [3.8, 4) is 0 Å². The summed E-state index contributed by atoms with van der Waals surface area (Å²) < 4.78 is 4.86. The molecule has 0 unspecified atom stereocenters. The molecule has 0 saturated carbocycles. The minimum Gasteiger partial charge on any atom is -0.466 e. The van der Waals surface area contributed by atoms with Crippen molar-refractivity contribution in [2.24, 2.45) is 0 Å². The van der Waals surface area contributed by atoms with Crippen LogP contribution in [0.1, 0.15) is 58.8 Å². The second-order valence-electron chi connectivity index (χ2n) is 4.17. The van der Waals surface area contributed by atoms with Crippen LogP contribution in [0.3, 0.4) is 0 Å². The Morgan fingerprint density at radius 1 is 1.06 bits per heavy atom. The zero-order valence-electron chi connectivity index (χ0n) is 10.7. The highest BCUT2D eigenvalue weighted by Gasteiger charge is 1.94. The maximum Gasteiger partial charge on any atom is 0.302 e. The van der Waals surface area contributed by atoms with E-state index < -0.39 is 0 Å². The number of hydrogen-bond acceptors (Lipinski definition) is 2. The lowest BCUT2D eigenvalue weighted by molar-refractivity contribution is -0.141. The largest absolute Gasteiger partial charge is 0.466 e. The van der Waals surface area contributed by atoms with E-state index in [0.29, 0.717) is 6.61 Å². The van der Waals surface area contributed by atoms with E-state index in [9.17, 15) is 4.79 Å². The van der Waals surface area contributed by atoms with Crippen LogP contribution in [0, 0.1) is 0 Å². The van der Waals surface area contributed by atoms with Gasteiger partial charge in [0, 0.05) is 6.92 Å². The Hall–Kier alpha value is -1.01. The zero-order chi connectivity index (χ0) is 12.2. The summed E-state index contributed by atoms with van der Waals surface area (Å²) in [7, 11) is 0. The van der Waals surface area contributed by atoms with Crippen molar-refractivity contribution in [1.29, 1.82) is 0 Å². The first-order chi connectivity index (χ1) is 7.66. The third-order valence-corrected chi connectivity index (χ3v) is 2.55. The Balaban J connectivity index is 3.10. The number of carbonyl (C=O) groups excluding carboxylic acids is 1. The van der Waals surface area contributed by atoms with Gasteiger partial charge >= 0.3 is 5.97 Å². The van der Waals surface area contributed by atoms with Crippen molar-refractivity contribution in [3.05, 3.63) is 17.9 Å². The number of carbonyl (C=O) groups is 1.